The number of halogens is 4. The highest BCUT2D eigenvalue weighted by molar-refractivity contribution is 5.89. The Labute approximate surface area is 158 Å². The molecule has 1 aliphatic rings. The van der Waals surface area contributed by atoms with Crippen molar-refractivity contribution in [3.63, 3.8) is 0 Å². The molecular formula is C19H17F4N5. The Bertz CT molecular complexity index is 991. The average Bonchev–Trinajstić information content (AvgIpc) is 3.12. The third-order valence-corrected chi connectivity index (χ3v) is 4.63. The van der Waals surface area contributed by atoms with Crippen molar-refractivity contribution in [3.8, 4) is 0 Å². The minimum atomic E-state index is -4.53. The zero-order valence-corrected chi connectivity index (χ0v) is 14.7. The van der Waals surface area contributed by atoms with Gasteiger partial charge in [-0.15, -0.1) is 0 Å². The molecule has 4 heterocycles. The molecule has 1 N–H and O–H groups in total. The first-order valence-electron chi connectivity index (χ1n) is 8.81. The maximum absolute atomic E-state index is 13.6. The summed E-state index contributed by atoms with van der Waals surface area (Å²) < 4.78 is 53.1. The number of hydrogen-bond acceptors (Lipinski definition) is 5. The first-order chi connectivity index (χ1) is 13.4. The van der Waals surface area contributed by atoms with Gasteiger partial charge in [0.25, 0.3) is 0 Å². The predicted molar refractivity (Wildman–Crippen MR) is 97.8 cm³/mol. The largest absolute Gasteiger partial charge is 0.433 e. The molecule has 146 valence electrons. The highest BCUT2D eigenvalue weighted by Gasteiger charge is 2.35. The van der Waals surface area contributed by atoms with Crippen LogP contribution >= 0.6 is 0 Å². The van der Waals surface area contributed by atoms with Crippen molar-refractivity contribution in [1.29, 1.82) is 0 Å². The summed E-state index contributed by atoms with van der Waals surface area (Å²) in [6, 6.07) is 8.05. The SMILES string of the molecule is FC1CCN(c2cc(NCc3cccnc3C(F)(F)F)c3ncccc3n2)C1. The Morgan fingerprint density at radius 3 is 2.68 bits per heavy atom. The summed E-state index contributed by atoms with van der Waals surface area (Å²) in [4.78, 5) is 14.1. The number of anilines is 2. The Kier molecular flexibility index (Phi) is 4.74. The second-order valence-electron chi connectivity index (χ2n) is 6.59. The monoisotopic (exact) mass is 391 g/mol. The molecule has 9 heteroatoms. The minimum absolute atomic E-state index is 0.0300. The van der Waals surface area contributed by atoms with Crippen LogP contribution in [0.5, 0.6) is 0 Å². The summed E-state index contributed by atoms with van der Waals surface area (Å²) in [6.07, 6.45) is -2.30. The molecule has 0 saturated carbocycles. The lowest BCUT2D eigenvalue weighted by molar-refractivity contribution is -0.141. The smallest absolute Gasteiger partial charge is 0.379 e. The molecule has 1 atom stereocenters. The standard InChI is InChI=1S/C19H17F4N5/c20-13-5-8-28(11-13)16-9-15(17-14(27-16)4-2-6-24-17)26-10-12-3-1-7-25-18(12)19(21,22)23/h1-4,6-7,9,13H,5,8,10-11H2,(H,26,27). The van der Waals surface area contributed by atoms with Gasteiger partial charge in [-0.3, -0.25) is 9.97 Å². The molecule has 1 fully saturated rings. The highest BCUT2D eigenvalue weighted by atomic mass is 19.4. The first kappa shape index (κ1) is 18.4. The number of rotatable bonds is 4. The van der Waals surface area contributed by atoms with E-state index in [2.05, 4.69) is 20.3 Å². The van der Waals surface area contributed by atoms with E-state index in [0.29, 0.717) is 35.5 Å². The fraction of sp³-hybridized carbons (Fsp3) is 0.316. The van der Waals surface area contributed by atoms with E-state index in [1.54, 1.807) is 24.4 Å². The molecule has 1 aliphatic heterocycles. The molecule has 3 aromatic heterocycles. The van der Waals surface area contributed by atoms with Crippen LogP contribution in [0.25, 0.3) is 11.0 Å². The molecule has 0 aliphatic carbocycles. The van der Waals surface area contributed by atoms with E-state index >= 15 is 0 Å². The van der Waals surface area contributed by atoms with Crippen molar-refractivity contribution in [2.24, 2.45) is 0 Å². The van der Waals surface area contributed by atoms with Gasteiger partial charge in [0.2, 0.25) is 0 Å². The summed E-state index contributed by atoms with van der Waals surface area (Å²) in [7, 11) is 0. The molecule has 0 bridgehead atoms. The fourth-order valence-electron chi connectivity index (χ4n) is 3.30. The van der Waals surface area contributed by atoms with Gasteiger partial charge in [-0.2, -0.15) is 13.2 Å². The molecular weight excluding hydrogens is 374 g/mol. The maximum atomic E-state index is 13.6. The normalized spacial score (nSPS) is 17.3. The number of nitrogens with zero attached hydrogens (tertiary/aromatic N) is 4. The van der Waals surface area contributed by atoms with Crippen LogP contribution in [0.4, 0.5) is 29.1 Å². The van der Waals surface area contributed by atoms with Gasteiger partial charge in [0.05, 0.1) is 17.7 Å². The molecule has 5 nitrogen and oxygen atoms in total. The van der Waals surface area contributed by atoms with Crippen LogP contribution in [0.15, 0.2) is 42.7 Å². The third kappa shape index (κ3) is 3.69. The Morgan fingerprint density at radius 2 is 1.93 bits per heavy atom. The lowest BCUT2D eigenvalue weighted by Crippen LogP contribution is -2.21. The Hall–Kier alpha value is -2.97. The van der Waals surface area contributed by atoms with Crippen molar-refractivity contribution < 1.29 is 17.6 Å². The second-order valence-corrected chi connectivity index (χ2v) is 6.59. The predicted octanol–water partition coefficient (Wildman–Crippen LogP) is 4.20. The van der Waals surface area contributed by atoms with Crippen molar-refractivity contribution in [2.75, 3.05) is 23.3 Å². The van der Waals surface area contributed by atoms with Crippen LogP contribution in [-0.2, 0) is 12.7 Å². The Morgan fingerprint density at radius 1 is 1.14 bits per heavy atom. The van der Waals surface area contributed by atoms with Crippen LogP contribution in [0, 0.1) is 0 Å². The van der Waals surface area contributed by atoms with Crippen molar-refractivity contribution in [3.05, 3.63) is 54.0 Å². The minimum Gasteiger partial charge on any atom is -0.379 e. The van der Waals surface area contributed by atoms with E-state index in [1.165, 1.54) is 12.1 Å². The van der Waals surface area contributed by atoms with Crippen LogP contribution < -0.4 is 10.2 Å². The summed E-state index contributed by atoms with van der Waals surface area (Å²) in [6.45, 7) is 0.711. The number of alkyl halides is 4. The molecule has 1 saturated heterocycles. The lowest BCUT2D eigenvalue weighted by atomic mass is 10.1. The van der Waals surface area contributed by atoms with E-state index in [4.69, 9.17) is 0 Å². The molecule has 1 unspecified atom stereocenters. The van der Waals surface area contributed by atoms with Crippen molar-refractivity contribution in [1.82, 2.24) is 15.0 Å². The van der Waals surface area contributed by atoms with Crippen LogP contribution in [-0.4, -0.2) is 34.2 Å². The van der Waals surface area contributed by atoms with Gasteiger partial charge >= 0.3 is 6.18 Å². The van der Waals surface area contributed by atoms with Crippen molar-refractivity contribution in [2.45, 2.75) is 25.3 Å². The number of nitrogens with one attached hydrogen (secondary N) is 1. The molecule has 0 radical (unpaired) electrons. The summed E-state index contributed by atoms with van der Waals surface area (Å²) in [5, 5.41) is 3.03. The second kappa shape index (κ2) is 7.21. The molecule has 3 aromatic rings. The number of hydrogen-bond donors (Lipinski definition) is 1. The van der Waals surface area contributed by atoms with E-state index < -0.39 is 18.0 Å². The maximum Gasteiger partial charge on any atom is 0.433 e. The lowest BCUT2D eigenvalue weighted by Gasteiger charge is -2.19. The summed E-state index contributed by atoms with van der Waals surface area (Å²) >= 11 is 0. The van der Waals surface area contributed by atoms with Gasteiger partial charge in [0, 0.05) is 37.1 Å². The average molecular weight is 391 g/mol. The van der Waals surface area contributed by atoms with Gasteiger partial charge in [0.15, 0.2) is 0 Å². The summed E-state index contributed by atoms with van der Waals surface area (Å²) in [5.41, 5.74) is 0.780. The van der Waals surface area contributed by atoms with Crippen LogP contribution in [0.2, 0.25) is 0 Å². The van der Waals surface area contributed by atoms with E-state index in [0.717, 1.165) is 6.20 Å². The van der Waals surface area contributed by atoms with Crippen LogP contribution in [0.3, 0.4) is 0 Å². The molecule has 0 amide bonds. The quantitative estimate of drug-likeness (QED) is 0.676. The number of aromatic nitrogens is 3. The van der Waals surface area contributed by atoms with Gasteiger partial charge in [-0.1, -0.05) is 6.07 Å². The number of fused-ring (bicyclic) bond motifs is 1. The van der Waals surface area contributed by atoms with Gasteiger partial charge in [0.1, 0.15) is 23.2 Å². The van der Waals surface area contributed by atoms with E-state index in [9.17, 15) is 17.6 Å². The summed E-state index contributed by atoms with van der Waals surface area (Å²) in [5.74, 6) is 0.574. The van der Waals surface area contributed by atoms with Crippen molar-refractivity contribution >= 4 is 22.5 Å². The molecule has 0 aromatic carbocycles. The Balaban J connectivity index is 1.67. The van der Waals surface area contributed by atoms with Gasteiger partial charge in [-0.25, -0.2) is 9.37 Å². The first-order valence-corrected chi connectivity index (χ1v) is 8.81. The van der Waals surface area contributed by atoms with Gasteiger partial charge in [-0.05, 0) is 24.6 Å². The van der Waals surface area contributed by atoms with Crippen LogP contribution in [0.1, 0.15) is 17.7 Å². The third-order valence-electron chi connectivity index (χ3n) is 4.63. The number of pyridine rings is 3. The zero-order chi connectivity index (χ0) is 19.7. The topological polar surface area (TPSA) is 53.9 Å². The molecule has 4 rings (SSSR count). The van der Waals surface area contributed by atoms with Gasteiger partial charge < -0.3 is 10.2 Å². The van der Waals surface area contributed by atoms with E-state index in [1.807, 2.05) is 4.90 Å². The molecule has 28 heavy (non-hydrogen) atoms. The van der Waals surface area contributed by atoms with E-state index in [-0.39, 0.29) is 18.7 Å². The zero-order valence-electron chi connectivity index (χ0n) is 14.7. The highest BCUT2D eigenvalue weighted by Crippen LogP contribution is 2.32. The fourth-order valence-corrected chi connectivity index (χ4v) is 3.30. The molecule has 0 spiro atoms.